The highest BCUT2D eigenvalue weighted by molar-refractivity contribution is 5.98. The Labute approximate surface area is 177 Å². The number of benzene rings is 2. The van der Waals surface area contributed by atoms with Gasteiger partial charge in [-0.1, -0.05) is 43.8 Å². The number of nitrogens with zero attached hydrogens (tertiary/aromatic N) is 1. The predicted molar refractivity (Wildman–Crippen MR) is 117 cm³/mol. The first-order valence-corrected chi connectivity index (χ1v) is 10.1. The van der Waals surface area contributed by atoms with Crippen molar-refractivity contribution < 1.29 is 19.1 Å². The quantitative estimate of drug-likeness (QED) is 0.447. The van der Waals surface area contributed by atoms with Gasteiger partial charge >= 0.3 is 6.16 Å². The van der Waals surface area contributed by atoms with E-state index >= 15 is 0 Å². The molecule has 0 spiro atoms. The second-order valence-corrected chi connectivity index (χ2v) is 7.74. The zero-order valence-corrected chi connectivity index (χ0v) is 17.5. The smallest absolute Gasteiger partial charge is 0.430 e. The number of hydrogen-bond donors (Lipinski definition) is 1. The number of anilines is 1. The van der Waals surface area contributed by atoms with Crippen molar-refractivity contribution in [2.75, 3.05) is 18.1 Å². The fraction of sp³-hybridized carbons (Fsp3) is 0.333. The Hall–Kier alpha value is -3.12. The molecule has 2 aromatic carbocycles. The lowest BCUT2D eigenvalue weighted by atomic mass is 9.92. The lowest BCUT2D eigenvalue weighted by molar-refractivity contribution is -0.120. The Morgan fingerprint density at radius 2 is 2.07 bits per heavy atom. The van der Waals surface area contributed by atoms with Gasteiger partial charge in [-0.05, 0) is 60.6 Å². The summed E-state index contributed by atoms with van der Waals surface area (Å²) in [5.41, 5.74) is 10.3. The standard InChI is InChI=1S/C24H28N2O4/c1-4-11-29-24(28)30-20-10-9-18(17(3)13-20)14-21(25)23(27)26-15-16(2)12-19-7-5-6-8-22(19)26/h4-10,13,16,21H,1,11-12,14-15,25H2,2-3H3/t16?,21-/m1/s1. The van der Waals surface area contributed by atoms with E-state index in [1.165, 1.54) is 11.6 Å². The lowest BCUT2D eigenvalue weighted by Crippen LogP contribution is -2.48. The molecule has 1 unspecified atom stereocenters. The number of para-hydroxylation sites is 1. The molecule has 3 rings (SSSR count). The van der Waals surface area contributed by atoms with Gasteiger partial charge in [0.2, 0.25) is 5.91 Å². The summed E-state index contributed by atoms with van der Waals surface area (Å²) in [5.74, 6) is 0.681. The van der Waals surface area contributed by atoms with E-state index < -0.39 is 12.2 Å². The topological polar surface area (TPSA) is 81.9 Å². The molecule has 2 atom stereocenters. The van der Waals surface area contributed by atoms with Crippen LogP contribution in [0.5, 0.6) is 5.75 Å². The van der Waals surface area contributed by atoms with Crippen LogP contribution in [-0.2, 0) is 22.4 Å². The Morgan fingerprint density at radius 3 is 2.80 bits per heavy atom. The second-order valence-electron chi connectivity index (χ2n) is 7.74. The molecule has 2 aromatic rings. The summed E-state index contributed by atoms with van der Waals surface area (Å²) < 4.78 is 9.95. The van der Waals surface area contributed by atoms with Crippen molar-refractivity contribution in [2.24, 2.45) is 11.7 Å². The Morgan fingerprint density at radius 1 is 1.30 bits per heavy atom. The number of fused-ring (bicyclic) bond motifs is 1. The van der Waals surface area contributed by atoms with Crippen molar-refractivity contribution in [3.05, 3.63) is 71.8 Å². The third kappa shape index (κ3) is 5.07. The molecule has 0 aliphatic carbocycles. The molecule has 30 heavy (non-hydrogen) atoms. The van der Waals surface area contributed by atoms with Gasteiger partial charge in [-0.2, -0.15) is 0 Å². The van der Waals surface area contributed by atoms with E-state index in [1.807, 2.05) is 36.1 Å². The third-order valence-electron chi connectivity index (χ3n) is 5.20. The summed E-state index contributed by atoms with van der Waals surface area (Å²) in [5, 5.41) is 0. The van der Waals surface area contributed by atoms with Gasteiger partial charge in [-0.25, -0.2) is 4.79 Å². The number of hydrogen-bond acceptors (Lipinski definition) is 5. The second kappa shape index (κ2) is 9.59. The number of rotatable bonds is 6. The minimum absolute atomic E-state index is 0.0817. The van der Waals surface area contributed by atoms with Crippen LogP contribution in [-0.4, -0.2) is 31.3 Å². The van der Waals surface area contributed by atoms with Crippen LogP contribution in [0.4, 0.5) is 10.5 Å². The van der Waals surface area contributed by atoms with E-state index in [2.05, 4.69) is 19.6 Å². The van der Waals surface area contributed by atoms with Gasteiger partial charge in [0.15, 0.2) is 0 Å². The molecule has 0 radical (unpaired) electrons. The van der Waals surface area contributed by atoms with E-state index in [1.54, 1.807) is 12.1 Å². The van der Waals surface area contributed by atoms with Crippen molar-refractivity contribution in [3.8, 4) is 5.75 Å². The molecule has 6 heteroatoms. The van der Waals surface area contributed by atoms with Crippen LogP contribution in [0.25, 0.3) is 0 Å². The Kier molecular flexibility index (Phi) is 6.90. The third-order valence-corrected chi connectivity index (χ3v) is 5.20. The molecule has 1 aliphatic heterocycles. The average Bonchev–Trinajstić information content (AvgIpc) is 2.72. The highest BCUT2D eigenvalue weighted by Gasteiger charge is 2.29. The molecule has 2 N–H and O–H groups in total. The maximum Gasteiger partial charge on any atom is 0.514 e. The number of amides is 1. The SMILES string of the molecule is C=CCOC(=O)Oc1ccc(C[C@@H](N)C(=O)N2CC(C)Cc3ccccc32)c(C)c1. The molecule has 0 bridgehead atoms. The van der Waals surface area contributed by atoms with E-state index in [0.717, 1.165) is 23.2 Å². The first-order valence-electron chi connectivity index (χ1n) is 10.1. The van der Waals surface area contributed by atoms with Gasteiger partial charge in [0.1, 0.15) is 12.4 Å². The van der Waals surface area contributed by atoms with Gasteiger partial charge in [0.25, 0.3) is 0 Å². The van der Waals surface area contributed by atoms with Gasteiger partial charge in [-0.3, -0.25) is 4.79 Å². The molecule has 1 amide bonds. The summed E-state index contributed by atoms with van der Waals surface area (Å²) in [6, 6.07) is 12.6. The van der Waals surface area contributed by atoms with Gasteiger partial charge < -0.3 is 20.1 Å². The molecule has 1 heterocycles. The van der Waals surface area contributed by atoms with Crippen LogP contribution >= 0.6 is 0 Å². The minimum Gasteiger partial charge on any atom is -0.430 e. The molecule has 0 saturated carbocycles. The van der Waals surface area contributed by atoms with Crippen molar-refractivity contribution in [1.82, 2.24) is 0 Å². The number of aryl methyl sites for hydroxylation is 1. The zero-order valence-electron chi connectivity index (χ0n) is 17.5. The normalized spacial score (nSPS) is 16.4. The first-order chi connectivity index (χ1) is 14.4. The summed E-state index contributed by atoms with van der Waals surface area (Å²) in [4.78, 5) is 26.5. The van der Waals surface area contributed by atoms with E-state index in [9.17, 15) is 9.59 Å². The fourth-order valence-electron chi connectivity index (χ4n) is 3.74. The van der Waals surface area contributed by atoms with E-state index in [4.69, 9.17) is 15.2 Å². The molecular formula is C24H28N2O4. The van der Waals surface area contributed by atoms with Gasteiger partial charge in [0, 0.05) is 12.2 Å². The van der Waals surface area contributed by atoms with E-state index in [0.29, 0.717) is 24.6 Å². The van der Waals surface area contributed by atoms with Crippen molar-refractivity contribution in [3.63, 3.8) is 0 Å². The van der Waals surface area contributed by atoms with Crippen molar-refractivity contribution in [1.29, 1.82) is 0 Å². The highest BCUT2D eigenvalue weighted by atomic mass is 16.7. The maximum atomic E-state index is 13.1. The number of ether oxygens (including phenoxy) is 2. The summed E-state index contributed by atoms with van der Waals surface area (Å²) >= 11 is 0. The van der Waals surface area contributed by atoms with E-state index in [-0.39, 0.29) is 12.5 Å². The molecule has 158 valence electrons. The zero-order chi connectivity index (χ0) is 21.7. The molecule has 1 aliphatic rings. The monoisotopic (exact) mass is 408 g/mol. The number of nitrogens with two attached hydrogens (primary N) is 1. The van der Waals surface area contributed by atoms with Crippen LogP contribution in [0.1, 0.15) is 23.6 Å². The van der Waals surface area contributed by atoms with Gasteiger partial charge in [0.05, 0.1) is 6.04 Å². The first kappa shape index (κ1) is 21.6. The summed E-state index contributed by atoms with van der Waals surface area (Å²) in [7, 11) is 0. The van der Waals surface area contributed by atoms with Crippen LogP contribution in [0.15, 0.2) is 55.1 Å². The van der Waals surface area contributed by atoms with Crippen LogP contribution < -0.4 is 15.4 Å². The van der Waals surface area contributed by atoms with Gasteiger partial charge in [-0.15, -0.1) is 0 Å². The summed E-state index contributed by atoms with van der Waals surface area (Å²) in [6.45, 7) is 8.28. The minimum atomic E-state index is -0.785. The average molecular weight is 408 g/mol. The molecular weight excluding hydrogens is 380 g/mol. The van der Waals surface area contributed by atoms with Crippen LogP contribution in [0.2, 0.25) is 0 Å². The lowest BCUT2D eigenvalue weighted by Gasteiger charge is -2.34. The molecule has 0 fully saturated rings. The van der Waals surface area contributed by atoms with Crippen molar-refractivity contribution >= 4 is 17.7 Å². The largest absolute Gasteiger partial charge is 0.514 e. The van der Waals surface area contributed by atoms with Crippen LogP contribution in [0, 0.1) is 12.8 Å². The van der Waals surface area contributed by atoms with Crippen molar-refractivity contribution in [2.45, 2.75) is 32.7 Å². The Bertz CT molecular complexity index is 941. The highest BCUT2D eigenvalue weighted by Crippen LogP contribution is 2.30. The molecule has 0 aromatic heterocycles. The van der Waals surface area contributed by atoms with Crippen LogP contribution in [0.3, 0.4) is 0 Å². The molecule has 6 nitrogen and oxygen atoms in total. The predicted octanol–water partition coefficient (Wildman–Crippen LogP) is 3.79. The fourth-order valence-corrected chi connectivity index (χ4v) is 3.74. The number of carbonyl (C=O) groups excluding carboxylic acids is 2. The maximum absolute atomic E-state index is 13.1. The Balaban J connectivity index is 1.68. The number of carbonyl (C=O) groups is 2. The summed E-state index contributed by atoms with van der Waals surface area (Å²) in [6.07, 6.45) is 2.05. The molecule has 0 saturated heterocycles.